The standard InChI is InChI=1S/C4H6N6O/c1-11-2-3-4(7-9-5)8-10-6-3/h2H2,1H3,(H,6,8,10). The molecule has 1 aromatic rings. The summed E-state index contributed by atoms with van der Waals surface area (Å²) in [7, 11) is 1.52. The number of nitrogens with zero attached hydrogens (tertiary/aromatic N) is 5. The second kappa shape index (κ2) is 3.55. The lowest BCUT2D eigenvalue weighted by atomic mass is 10.5. The lowest BCUT2D eigenvalue weighted by Gasteiger charge is -1.90. The summed E-state index contributed by atoms with van der Waals surface area (Å²) < 4.78 is 4.77. The predicted octanol–water partition coefficient (Wildman–Crippen LogP) is 0.893. The van der Waals surface area contributed by atoms with Crippen molar-refractivity contribution in [1.29, 1.82) is 0 Å². The Balaban J connectivity index is 2.86. The average Bonchev–Trinajstić information content (AvgIpc) is 2.39. The Morgan fingerprint density at radius 1 is 1.73 bits per heavy atom. The molecule has 0 atom stereocenters. The predicted molar refractivity (Wildman–Crippen MR) is 35.9 cm³/mol. The van der Waals surface area contributed by atoms with Gasteiger partial charge in [-0.3, -0.25) is 0 Å². The van der Waals surface area contributed by atoms with E-state index < -0.39 is 0 Å². The molecule has 58 valence electrons. The molecule has 7 heteroatoms. The largest absolute Gasteiger partial charge is 0.378 e. The molecule has 1 aromatic heterocycles. The molecular formula is C4H6N6O. The van der Waals surface area contributed by atoms with E-state index in [0.717, 1.165) is 0 Å². The van der Waals surface area contributed by atoms with Gasteiger partial charge in [-0.25, -0.2) is 0 Å². The van der Waals surface area contributed by atoms with E-state index in [1.165, 1.54) is 7.11 Å². The number of rotatable bonds is 3. The minimum atomic E-state index is 0.231. The fraction of sp³-hybridized carbons (Fsp3) is 0.500. The van der Waals surface area contributed by atoms with Gasteiger partial charge in [0.15, 0.2) is 5.82 Å². The Bertz CT molecular complexity index is 274. The Hall–Kier alpha value is -1.59. The molecule has 0 fully saturated rings. The van der Waals surface area contributed by atoms with E-state index in [0.29, 0.717) is 5.69 Å². The molecule has 1 rings (SSSR count). The zero-order valence-corrected chi connectivity index (χ0v) is 5.85. The minimum Gasteiger partial charge on any atom is -0.378 e. The van der Waals surface area contributed by atoms with E-state index in [4.69, 9.17) is 10.3 Å². The molecule has 0 spiro atoms. The van der Waals surface area contributed by atoms with Crippen LogP contribution in [0.5, 0.6) is 0 Å². The number of hydrogen-bond acceptors (Lipinski definition) is 4. The van der Waals surface area contributed by atoms with Crippen molar-refractivity contribution in [1.82, 2.24) is 15.4 Å². The van der Waals surface area contributed by atoms with Crippen molar-refractivity contribution < 1.29 is 4.74 Å². The Kier molecular flexibility index (Phi) is 2.42. The summed E-state index contributed by atoms with van der Waals surface area (Å²) in [6.45, 7) is 0.283. The topological polar surface area (TPSA) is 99.6 Å². The van der Waals surface area contributed by atoms with Crippen molar-refractivity contribution in [3.05, 3.63) is 16.1 Å². The normalized spacial score (nSPS) is 9.18. The third kappa shape index (κ3) is 1.66. The second-order valence-corrected chi connectivity index (χ2v) is 1.72. The summed E-state index contributed by atoms with van der Waals surface area (Å²) in [5, 5.41) is 12.9. The van der Waals surface area contributed by atoms with Gasteiger partial charge in [0.05, 0.1) is 6.61 Å². The summed E-state index contributed by atoms with van der Waals surface area (Å²) >= 11 is 0. The van der Waals surface area contributed by atoms with Crippen LogP contribution in [0.2, 0.25) is 0 Å². The average molecular weight is 154 g/mol. The van der Waals surface area contributed by atoms with Crippen LogP contribution in [0.25, 0.3) is 10.4 Å². The van der Waals surface area contributed by atoms with Gasteiger partial charge >= 0.3 is 0 Å². The van der Waals surface area contributed by atoms with E-state index in [9.17, 15) is 0 Å². The molecule has 0 aromatic carbocycles. The zero-order chi connectivity index (χ0) is 8.10. The van der Waals surface area contributed by atoms with Crippen LogP contribution in [-0.2, 0) is 11.3 Å². The first kappa shape index (κ1) is 7.52. The molecular weight excluding hydrogens is 148 g/mol. The first-order chi connectivity index (χ1) is 5.38. The number of azide groups is 1. The molecule has 0 unspecified atom stereocenters. The van der Waals surface area contributed by atoms with Crippen LogP contribution in [0.3, 0.4) is 0 Å². The molecule has 0 saturated carbocycles. The molecule has 1 heterocycles. The maximum atomic E-state index is 8.07. The highest BCUT2D eigenvalue weighted by atomic mass is 16.5. The molecule has 0 saturated heterocycles. The van der Waals surface area contributed by atoms with Crippen LogP contribution in [-0.4, -0.2) is 22.5 Å². The summed E-state index contributed by atoms with van der Waals surface area (Å²) in [5.41, 5.74) is 8.57. The number of aromatic nitrogens is 3. The number of ether oxygens (including phenoxy) is 1. The smallest absolute Gasteiger partial charge is 0.174 e. The highest BCUT2D eigenvalue weighted by molar-refractivity contribution is 5.29. The van der Waals surface area contributed by atoms with Gasteiger partial charge in [0.1, 0.15) is 5.69 Å². The summed E-state index contributed by atoms with van der Waals surface area (Å²) in [6.07, 6.45) is 0. The first-order valence-corrected chi connectivity index (χ1v) is 2.82. The van der Waals surface area contributed by atoms with E-state index in [1.807, 2.05) is 0 Å². The molecule has 1 N–H and O–H groups in total. The van der Waals surface area contributed by atoms with Gasteiger partial charge in [0.2, 0.25) is 0 Å². The highest BCUT2D eigenvalue weighted by Crippen LogP contribution is 2.12. The van der Waals surface area contributed by atoms with Crippen LogP contribution < -0.4 is 0 Å². The third-order valence-electron chi connectivity index (χ3n) is 1.02. The summed E-state index contributed by atoms with van der Waals surface area (Å²) in [4.78, 5) is 2.57. The van der Waals surface area contributed by atoms with E-state index >= 15 is 0 Å². The zero-order valence-electron chi connectivity index (χ0n) is 5.85. The fourth-order valence-electron chi connectivity index (χ4n) is 0.603. The molecule has 11 heavy (non-hydrogen) atoms. The number of nitrogens with one attached hydrogen (secondary N) is 1. The van der Waals surface area contributed by atoms with Crippen LogP contribution in [0.15, 0.2) is 5.11 Å². The highest BCUT2D eigenvalue weighted by Gasteiger charge is 2.03. The van der Waals surface area contributed by atoms with Crippen molar-refractivity contribution in [2.24, 2.45) is 5.11 Å². The maximum Gasteiger partial charge on any atom is 0.174 e. The summed E-state index contributed by atoms with van der Waals surface area (Å²) in [6, 6.07) is 0. The molecule has 0 aliphatic heterocycles. The van der Waals surface area contributed by atoms with Gasteiger partial charge in [-0.2, -0.15) is 15.4 Å². The van der Waals surface area contributed by atoms with Crippen molar-refractivity contribution in [2.45, 2.75) is 6.61 Å². The molecule has 0 bridgehead atoms. The molecule has 0 aliphatic rings. The Labute approximate surface area is 62.0 Å². The quantitative estimate of drug-likeness (QED) is 0.397. The van der Waals surface area contributed by atoms with Crippen molar-refractivity contribution in [3.8, 4) is 0 Å². The van der Waals surface area contributed by atoms with Crippen LogP contribution in [0.4, 0.5) is 5.82 Å². The van der Waals surface area contributed by atoms with E-state index in [2.05, 4.69) is 25.4 Å². The van der Waals surface area contributed by atoms with E-state index in [-0.39, 0.29) is 12.4 Å². The van der Waals surface area contributed by atoms with Gasteiger partial charge < -0.3 is 4.74 Å². The molecule has 0 radical (unpaired) electrons. The van der Waals surface area contributed by atoms with Gasteiger partial charge in [-0.15, -0.1) is 0 Å². The lowest BCUT2D eigenvalue weighted by Crippen LogP contribution is -1.87. The summed E-state index contributed by atoms with van der Waals surface area (Å²) in [5.74, 6) is 0.231. The number of H-pyrrole nitrogens is 1. The third-order valence-corrected chi connectivity index (χ3v) is 1.02. The monoisotopic (exact) mass is 154 g/mol. The number of methoxy groups -OCH3 is 1. The van der Waals surface area contributed by atoms with Crippen LogP contribution in [0, 0.1) is 0 Å². The van der Waals surface area contributed by atoms with Crippen molar-refractivity contribution >= 4 is 5.82 Å². The van der Waals surface area contributed by atoms with Gasteiger partial charge in [-0.05, 0) is 10.6 Å². The lowest BCUT2D eigenvalue weighted by molar-refractivity contribution is 0.182. The van der Waals surface area contributed by atoms with Gasteiger partial charge in [-0.1, -0.05) is 0 Å². The van der Waals surface area contributed by atoms with Gasteiger partial charge in [0, 0.05) is 12.0 Å². The molecule has 7 nitrogen and oxygen atoms in total. The fourth-order valence-corrected chi connectivity index (χ4v) is 0.603. The van der Waals surface area contributed by atoms with Gasteiger partial charge in [0.25, 0.3) is 0 Å². The maximum absolute atomic E-state index is 8.07. The number of hydrogen-bond donors (Lipinski definition) is 1. The Morgan fingerprint density at radius 2 is 2.55 bits per heavy atom. The SMILES string of the molecule is COCc1n[nH]nc1N=[N+]=[N-]. The number of aromatic amines is 1. The second-order valence-electron chi connectivity index (χ2n) is 1.72. The molecule has 0 aliphatic carbocycles. The van der Waals surface area contributed by atoms with Crippen molar-refractivity contribution in [3.63, 3.8) is 0 Å². The van der Waals surface area contributed by atoms with Crippen molar-refractivity contribution in [2.75, 3.05) is 7.11 Å². The van der Waals surface area contributed by atoms with Crippen LogP contribution in [0.1, 0.15) is 5.69 Å². The molecule has 0 amide bonds. The van der Waals surface area contributed by atoms with Crippen LogP contribution >= 0.6 is 0 Å². The van der Waals surface area contributed by atoms with E-state index in [1.54, 1.807) is 0 Å². The Morgan fingerprint density at radius 3 is 3.18 bits per heavy atom. The minimum absolute atomic E-state index is 0.231. The first-order valence-electron chi connectivity index (χ1n) is 2.82.